The topological polar surface area (TPSA) is 49.4 Å². The van der Waals surface area contributed by atoms with Gasteiger partial charge in [-0.1, -0.05) is 122 Å². The number of fused-ring (bicyclic) bond motifs is 1. The van der Waals surface area contributed by atoms with E-state index in [9.17, 15) is 9.59 Å². The van der Waals surface area contributed by atoms with Gasteiger partial charge in [0, 0.05) is 25.4 Å². The number of rotatable bonds is 10. The molecule has 1 atom stereocenters. The predicted molar refractivity (Wildman–Crippen MR) is 158 cm³/mol. The number of nitrogens with one attached hydrogen (secondary N) is 1. The second kappa shape index (κ2) is 13.2. The molecule has 5 rings (SSSR count). The van der Waals surface area contributed by atoms with Crippen LogP contribution in [0.2, 0.25) is 0 Å². The van der Waals surface area contributed by atoms with Crippen molar-refractivity contribution in [2.24, 2.45) is 0 Å². The van der Waals surface area contributed by atoms with E-state index in [1.54, 1.807) is 0 Å². The molecule has 39 heavy (non-hydrogen) atoms. The molecule has 0 spiro atoms. The molecule has 4 aromatic rings. The molecule has 0 heterocycles. The summed E-state index contributed by atoms with van der Waals surface area (Å²) in [4.78, 5) is 29.8. The molecule has 0 bridgehead atoms. The molecule has 4 heteroatoms. The lowest BCUT2D eigenvalue weighted by Crippen LogP contribution is -2.52. The van der Waals surface area contributed by atoms with Crippen LogP contribution in [0, 0.1) is 0 Å². The smallest absolute Gasteiger partial charge is 0.243 e. The summed E-state index contributed by atoms with van der Waals surface area (Å²) in [5.41, 5.74) is 3.24. The van der Waals surface area contributed by atoms with Crippen LogP contribution in [-0.2, 0) is 29.0 Å². The molecule has 2 amide bonds. The SMILES string of the molecule is O=C(NC1CCCCC1)[C@@H](Cc1ccccc1)N(Cc1ccccc1)C(=O)CCc1cccc2ccccc12. The molecule has 4 aromatic carbocycles. The van der Waals surface area contributed by atoms with E-state index in [1.807, 2.05) is 77.7 Å². The maximum absolute atomic E-state index is 14.0. The third-order valence-corrected chi connectivity index (χ3v) is 7.91. The third-order valence-electron chi connectivity index (χ3n) is 7.91. The first-order valence-corrected chi connectivity index (χ1v) is 14.3. The molecule has 1 aliphatic carbocycles. The van der Waals surface area contributed by atoms with Crippen molar-refractivity contribution in [2.75, 3.05) is 0 Å². The first kappa shape index (κ1) is 26.7. The molecule has 0 radical (unpaired) electrons. The van der Waals surface area contributed by atoms with Crippen molar-refractivity contribution in [2.45, 2.75) is 70.0 Å². The number of carbonyl (C=O) groups excluding carboxylic acids is 2. The number of carbonyl (C=O) groups is 2. The van der Waals surface area contributed by atoms with Gasteiger partial charge in [-0.2, -0.15) is 0 Å². The lowest BCUT2D eigenvalue weighted by molar-refractivity contribution is -0.141. The Morgan fingerprint density at radius 3 is 2.13 bits per heavy atom. The fourth-order valence-corrected chi connectivity index (χ4v) is 5.77. The number of amides is 2. The van der Waals surface area contributed by atoms with E-state index in [1.165, 1.54) is 17.2 Å². The predicted octanol–water partition coefficient (Wildman–Crippen LogP) is 6.86. The van der Waals surface area contributed by atoms with E-state index < -0.39 is 6.04 Å². The Morgan fingerprint density at radius 2 is 1.38 bits per heavy atom. The zero-order valence-corrected chi connectivity index (χ0v) is 22.6. The van der Waals surface area contributed by atoms with Crippen LogP contribution in [0.25, 0.3) is 10.8 Å². The third kappa shape index (κ3) is 7.14. The average molecular weight is 519 g/mol. The van der Waals surface area contributed by atoms with Gasteiger partial charge in [0.25, 0.3) is 0 Å². The number of benzene rings is 4. The minimum Gasteiger partial charge on any atom is -0.352 e. The summed E-state index contributed by atoms with van der Waals surface area (Å²) in [5, 5.41) is 5.68. The molecule has 1 saturated carbocycles. The zero-order chi connectivity index (χ0) is 26.9. The Balaban J connectivity index is 1.42. The molecular formula is C35H38N2O2. The van der Waals surface area contributed by atoms with E-state index in [0.29, 0.717) is 25.8 Å². The summed E-state index contributed by atoms with van der Waals surface area (Å²) in [6.45, 7) is 0.408. The van der Waals surface area contributed by atoms with Crippen molar-refractivity contribution in [3.05, 3.63) is 120 Å². The summed E-state index contributed by atoms with van der Waals surface area (Å²) in [7, 11) is 0. The van der Waals surface area contributed by atoms with E-state index in [0.717, 1.165) is 42.4 Å². The Labute approximate surface area is 232 Å². The summed E-state index contributed by atoms with van der Waals surface area (Å²) < 4.78 is 0. The second-order valence-corrected chi connectivity index (χ2v) is 10.7. The fraction of sp³-hybridized carbons (Fsp3) is 0.314. The van der Waals surface area contributed by atoms with Gasteiger partial charge < -0.3 is 10.2 Å². The lowest BCUT2D eigenvalue weighted by Gasteiger charge is -2.33. The van der Waals surface area contributed by atoms with Gasteiger partial charge in [-0.25, -0.2) is 0 Å². The lowest BCUT2D eigenvalue weighted by atomic mass is 9.94. The van der Waals surface area contributed by atoms with Crippen molar-refractivity contribution < 1.29 is 9.59 Å². The minimum absolute atomic E-state index is 0.00603. The van der Waals surface area contributed by atoms with Crippen LogP contribution < -0.4 is 5.32 Å². The standard InChI is InChI=1S/C35H38N2O2/c38-34(24-23-30-19-12-18-29-17-10-11-22-32(29)30)37(26-28-15-6-2-7-16-28)33(25-27-13-4-1-5-14-27)35(39)36-31-20-8-3-9-21-31/h1-2,4-7,10-19,22,31,33H,3,8-9,20-21,23-26H2,(H,36,39)/t33-/m1/s1. The quantitative estimate of drug-likeness (QED) is 0.249. The fourth-order valence-electron chi connectivity index (χ4n) is 5.77. The zero-order valence-electron chi connectivity index (χ0n) is 22.6. The van der Waals surface area contributed by atoms with Crippen molar-refractivity contribution in [3.63, 3.8) is 0 Å². The highest BCUT2D eigenvalue weighted by molar-refractivity contribution is 5.89. The summed E-state index contributed by atoms with van der Waals surface area (Å²) in [6, 6.07) is 34.3. The van der Waals surface area contributed by atoms with Gasteiger partial charge in [0.2, 0.25) is 11.8 Å². The first-order chi connectivity index (χ1) is 19.2. The highest BCUT2D eigenvalue weighted by atomic mass is 16.2. The Morgan fingerprint density at radius 1 is 0.744 bits per heavy atom. The van der Waals surface area contributed by atoms with Gasteiger partial charge in [0.15, 0.2) is 0 Å². The van der Waals surface area contributed by atoms with E-state index in [-0.39, 0.29) is 17.9 Å². The molecule has 200 valence electrons. The van der Waals surface area contributed by atoms with Crippen LogP contribution in [0.5, 0.6) is 0 Å². The largest absolute Gasteiger partial charge is 0.352 e. The van der Waals surface area contributed by atoms with Gasteiger partial charge in [-0.3, -0.25) is 9.59 Å². The Kier molecular flexibility index (Phi) is 9.05. The molecule has 1 fully saturated rings. The average Bonchev–Trinajstić information content (AvgIpc) is 2.99. The Hall–Kier alpha value is -3.92. The first-order valence-electron chi connectivity index (χ1n) is 14.3. The van der Waals surface area contributed by atoms with Crippen molar-refractivity contribution in [3.8, 4) is 0 Å². The van der Waals surface area contributed by atoms with E-state index in [4.69, 9.17) is 0 Å². The van der Waals surface area contributed by atoms with Crippen LogP contribution in [0.15, 0.2) is 103 Å². The molecule has 0 saturated heterocycles. The number of aryl methyl sites for hydroxylation is 1. The summed E-state index contributed by atoms with van der Waals surface area (Å²) in [6.07, 6.45) is 7.02. The molecule has 0 aromatic heterocycles. The second-order valence-electron chi connectivity index (χ2n) is 10.7. The van der Waals surface area contributed by atoms with Crippen molar-refractivity contribution in [1.29, 1.82) is 0 Å². The summed E-state index contributed by atoms with van der Waals surface area (Å²) in [5.74, 6) is -0.0355. The maximum Gasteiger partial charge on any atom is 0.243 e. The number of hydrogen-bond acceptors (Lipinski definition) is 2. The number of hydrogen-bond donors (Lipinski definition) is 1. The molecule has 4 nitrogen and oxygen atoms in total. The highest BCUT2D eigenvalue weighted by Gasteiger charge is 2.31. The van der Waals surface area contributed by atoms with Crippen molar-refractivity contribution >= 4 is 22.6 Å². The normalized spacial score (nSPS) is 14.6. The molecule has 0 unspecified atom stereocenters. The molecule has 0 aliphatic heterocycles. The number of nitrogens with zero attached hydrogens (tertiary/aromatic N) is 1. The minimum atomic E-state index is -0.574. The van der Waals surface area contributed by atoms with Gasteiger partial charge in [-0.15, -0.1) is 0 Å². The molecule has 1 aliphatic rings. The Bertz CT molecular complexity index is 1360. The van der Waals surface area contributed by atoms with Gasteiger partial charge in [0.05, 0.1) is 0 Å². The van der Waals surface area contributed by atoms with Crippen molar-refractivity contribution in [1.82, 2.24) is 10.2 Å². The van der Waals surface area contributed by atoms with E-state index in [2.05, 4.69) is 35.6 Å². The van der Waals surface area contributed by atoms with Crippen LogP contribution in [0.1, 0.15) is 55.2 Å². The highest BCUT2D eigenvalue weighted by Crippen LogP contribution is 2.23. The van der Waals surface area contributed by atoms with Crippen LogP contribution in [0.3, 0.4) is 0 Å². The van der Waals surface area contributed by atoms with Gasteiger partial charge in [-0.05, 0) is 46.7 Å². The molecule has 1 N–H and O–H groups in total. The van der Waals surface area contributed by atoms with Gasteiger partial charge in [0.1, 0.15) is 6.04 Å². The van der Waals surface area contributed by atoms with Gasteiger partial charge >= 0.3 is 0 Å². The summed E-state index contributed by atoms with van der Waals surface area (Å²) >= 11 is 0. The monoisotopic (exact) mass is 518 g/mol. The van der Waals surface area contributed by atoms with Crippen LogP contribution in [-0.4, -0.2) is 28.8 Å². The molecular weight excluding hydrogens is 480 g/mol. The maximum atomic E-state index is 14.0. The van der Waals surface area contributed by atoms with Crippen LogP contribution >= 0.6 is 0 Å². The van der Waals surface area contributed by atoms with E-state index >= 15 is 0 Å². The van der Waals surface area contributed by atoms with Crippen LogP contribution in [0.4, 0.5) is 0 Å².